The fourth-order valence-corrected chi connectivity index (χ4v) is 2.92. The van der Waals surface area contributed by atoms with Crippen molar-refractivity contribution in [2.24, 2.45) is 0 Å². The SMILES string of the molecule is c1ccc2c(c1)ncn2-c1ccc(-c2noc([C@H]3COCCO3)n2)cn1. The summed E-state index contributed by atoms with van der Waals surface area (Å²) >= 11 is 0. The van der Waals surface area contributed by atoms with E-state index in [0.717, 1.165) is 22.4 Å². The number of hydrogen-bond donors (Lipinski definition) is 0. The Morgan fingerprint density at radius 2 is 2.00 bits per heavy atom. The number of para-hydroxylation sites is 2. The predicted molar refractivity (Wildman–Crippen MR) is 91.7 cm³/mol. The number of nitrogens with zero attached hydrogens (tertiary/aromatic N) is 5. The average Bonchev–Trinajstić information content (AvgIpc) is 3.36. The van der Waals surface area contributed by atoms with Crippen molar-refractivity contribution in [3.8, 4) is 17.2 Å². The molecule has 1 aromatic carbocycles. The second-order valence-electron chi connectivity index (χ2n) is 5.90. The Morgan fingerprint density at radius 3 is 2.85 bits per heavy atom. The lowest BCUT2D eigenvalue weighted by molar-refractivity contribution is -0.101. The van der Waals surface area contributed by atoms with Crippen LogP contribution in [0.2, 0.25) is 0 Å². The molecule has 26 heavy (non-hydrogen) atoms. The Hall–Kier alpha value is -3.10. The summed E-state index contributed by atoms with van der Waals surface area (Å²) in [4.78, 5) is 13.3. The van der Waals surface area contributed by atoms with Crippen LogP contribution in [0.1, 0.15) is 12.0 Å². The van der Waals surface area contributed by atoms with Crippen molar-refractivity contribution in [3.05, 3.63) is 54.8 Å². The number of pyridine rings is 1. The molecule has 1 fully saturated rings. The fraction of sp³-hybridized carbons (Fsp3) is 0.222. The van der Waals surface area contributed by atoms with E-state index < -0.39 is 0 Å². The number of benzene rings is 1. The van der Waals surface area contributed by atoms with Gasteiger partial charge in [-0.2, -0.15) is 4.98 Å². The van der Waals surface area contributed by atoms with E-state index in [2.05, 4.69) is 20.1 Å². The Morgan fingerprint density at radius 1 is 1.04 bits per heavy atom. The van der Waals surface area contributed by atoms with Gasteiger partial charge in [-0.1, -0.05) is 17.3 Å². The van der Waals surface area contributed by atoms with Crippen molar-refractivity contribution in [2.75, 3.05) is 19.8 Å². The molecule has 4 aromatic rings. The first-order chi connectivity index (χ1) is 12.9. The maximum absolute atomic E-state index is 5.58. The first-order valence-electron chi connectivity index (χ1n) is 8.30. The molecule has 1 aliphatic heterocycles. The summed E-state index contributed by atoms with van der Waals surface area (Å²) in [6, 6.07) is 11.7. The summed E-state index contributed by atoms with van der Waals surface area (Å²) in [5.41, 5.74) is 2.70. The fourth-order valence-electron chi connectivity index (χ4n) is 2.92. The van der Waals surface area contributed by atoms with Crippen LogP contribution in [-0.4, -0.2) is 44.5 Å². The number of aromatic nitrogens is 5. The van der Waals surface area contributed by atoms with Gasteiger partial charge in [-0.05, 0) is 24.3 Å². The van der Waals surface area contributed by atoms with E-state index in [9.17, 15) is 0 Å². The lowest BCUT2D eigenvalue weighted by Crippen LogP contribution is -2.22. The molecule has 8 heteroatoms. The number of ether oxygens (including phenoxy) is 2. The van der Waals surface area contributed by atoms with E-state index in [0.29, 0.717) is 31.5 Å². The third-order valence-electron chi connectivity index (χ3n) is 4.24. The maximum atomic E-state index is 5.58. The highest BCUT2D eigenvalue weighted by Gasteiger charge is 2.23. The Labute approximate surface area is 148 Å². The molecule has 0 unspecified atom stereocenters. The Kier molecular flexibility index (Phi) is 3.69. The molecular formula is C18H15N5O3. The minimum absolute atomic E-state index is 0.311. The smallest absolute Gasteiger partial charge is 0.258 e. The number of rotatable bonds is 3. The van der Waals surface area contributed by atoms with E-state index in [-0.39, 0.29) is 6.10 Å². The first-order valence-corrected chi connectivity index (χ1v) is 8.30. The molecule has 130 valence electrons. The molecule has 1 atom stereocenters. The van der Waals surface area contributed by atoms with Gasteiger partial charge in [0.25, 0.3) is 5.89 Å². The van der Waals surface area contributed by atoms with Crippen molar-refractivity contribution >= 4 is 11.0 Å². The van der Waals surface area contributed by atoms with Crippen molar-refractivity contribution in [3.63, 3.8) is 0 Å². The topological polar surface area (TPSA) is 88.1 Å². The third-order valence-corrected chi connectivity index (χ3v) is 4.24. The molecule has 0 saturated carbocycles. The van der Waals surface area contributed by atoms with Crippen LogP contribution in [0.15, 0.2) is 53.4 Å². The van der Waals surface area contributed by atoms with Gasteiger partial charge in [0.15, 0.2) is 6.10 Å². The second-order valence-corrected chi connectivity index (χ2v) is 5.90. The molecule has 5 rings (SSSR count). The molecule has 1 aliphatic rings. The summed E-state index contributed by atoms with van der Waals surface area (Å²) in [6.07, 6.45) is 3.17. The predicted octanol–water partition coefficient (Wildman–Crippen LogP) is 2.56. The zero-order valence-electron chi connectivity index (χ0n) is 13.8. The van der Waals surface area contributed by atoms with E-state index in [1.807, 2.05) is 41.0 Å². The monoisotopic (exact) mass is 349 g/mol. The van der Waals surface area contributed by atoms with Crippen molar-refractivity contribution in [2.45, 2.75) is 6.10 Å². The third kappa shape index (κ3) is 2.65. The van der Waals surface area contributed by atoms with Gasteiger partial charge < -0.3 is 14.0 Å². The molecule has 0 spiro atoms. The van der Waals surface area contributed by atoms with Crippen molar-refractivity contribution < 1.29 is 14.0 Å². The van der Waals surface area contributed by atoms with Crippen molar-refractivity contribution in [1.82, 2.24) is 24.7 Å². The highest BCUT2D eigenvalue weighted by Crippen LogP contribution is 2.23. The van der Waals surface area contributed by atoms with Crippen LogP contribution in [0.4, 0.5) is 0 Å². The minimum Gasteiger partial charge on any atom is -0.376 e. The number of fused-ring (bicyclic) bond motifs is 1. The maximum Gasteiger partial charge on any atom is 0.258 e. The number of hydrogen-bond acceptors (Lipinski definition) is 7. The zero-order valence-corrected chi connectivity index (χ0v) is 13.8. The normalized spacial score (nSPS) is 17.6. The van der Waals surface area contributed by atoms with Gasteiger partial charge >= 0.3 is 0 Å². The molecule has 0 N–H and O–H groups in total. The van der Waals surface area contributed by atoms with Crippen LogP contribution in [0, 0.1) is 0 Å². The summed E-state index contributed by atoms with van der Waals surface area (Å²) in [5.74, 6) is 1.67. The Bertz CT molecular complexity index is 1030. The molecule has 0 amide bonds. The summed E-state index contributed by atoms with van der Waals surface area (Å²) < 4.78 is 18.2. The van der Waals surface area contributed by atoms with Gasteiger partial charge in [-0.25, -0.2) is 9.97 Å². The van der Waals surface area contributed by atoms with E-state index >= 15 is 0 Å². The van der Waals surface area contributed by atoms with Crippen molar-refractivity contribution in [1.29, 1.82) is 0 Å². The van der Waals surface area contributed by atoms with Gasteiger partial charge in [0, 0.05) is 11.8 Å². The van der Waals surface area contributed by atoms with Gasteiger partial charge in [0.05, 0.1) is 30.9 Å². The first kappa shape index (κ1) is 15.2. The van der Waals surface area contributed by atoms with Gasteiger partial charge in [0.2, 0.25) is 5.82 Å². The highest BCUT2D eigenvalue weighted by atomic mass is 16.6. The molecule has 0 bridgehead atoms. The quantitative estimate of drug-likeness (QED) is 0.561. The summed E-state index contributed by atoms with van der Waals surface area (Å²) in [5, 5.41) is 4.02. The summed E-state index contributed by atoms with van der Waals surface area (Å²) in [7, 11) is 0. The lowest BCUT2D eigenvalue weighted by Gasteiger charge is -2.19. The van der Waals surface area contributed by atoms with Gasteiger partial charge in [-0.3, -0.25) is 4.57 Å². The molecule has 0 aliphatic carbocycles. The lowest BCUT2D eigenvalue weighted by atomic mass is 10.2. The molecule has 4 heterocycles. The summed E-state index contributed by atoms with van der Waals surface area (Å²) in [6.45, 7) is 1.54. The molecule has 1 saturated heterocycles. The van der Waals surface area contributed by atoms with E-state index in [1.54, 1.807) is 12.5 Å². The molecule has 3 aromatic heterocycles. The van der Waals surface area contributed by atoms with E-state index in [4.69, 9.17) is 14.0 Å². The van der Waals surface area contributed by atoms with Crippen LogP contribution >= 0.6 is 0 Å². The zero-order chi connectivity index (χ0) is 17.3. The highest BCUT2D eigenvalue weighted by molar-refractivity contribution is 5.76. The minimum atomic E-state index is -0.311. The number of imidazole rings is 1. The van der Waals surface area contributed by atoms with Crippen LogP contribution in [0.25, 0.3) is 28.2 Å². The second kappa shape index (κ2) is 6.32. The van der Waals surface area contributed by atoms with Crippen LogP contribution < -0.4 is 0 Å². The van der Waals surface area contributed by atoms with Gasteiger partial charge in [0.1, 0.15) is 12.1 Å². The largest absolute Gasteiger partial charge is 0.376 e. The average molecular weight is 349 g/mol. The molecule has 0 radical (unpaired) electrons. The van der Waals surface area contributed by atoms with Crippen LogP contribution in [0.5, 0.6) is 0 Å². The molecule has 8 nitrogen and oxygen atoms in total. The van der Waals surface area contributed by atoms with Crippen LogP contribution in [0.3, 0.4) is 0 Å². The molecular weight excluding hydrogens is 334 g/mol. The Balaban J connectivity index is 1.42. The standard InChI is InChI=1S/C18H15N5O3/c1-2-4-14-13(3-1)20-11-23(14)16-6-5-12(9-19-16)17-21-18(26-22-17)15-10-24-7-8-25-15/h1-6,9,11,15H,7-8,10H2/t15-/m1/s1. The van der Waals surface area contributed by atoms with Gasteiger partial charge in [-0.15, -0.1) is 0 Å². The van der Waals surface area contributed by atoms with E-state index in [1.165, 1.54) is 0 Å². The van der Waals surface area contributed by atoms with Crippen LogP contribution in [-0.2, 0) is 9.47 Å².